The Labute approximate surface area is 179 Å². The first kappa shape index (κ1) is 19.2. The van der Waals surface area contributed by atoms with Gasteiger partial charge >= 0.3 is 0 Å². The van der Waals surface area contributed by atoms with E-state index < -0.39 is 0 Å². The van der Waals surface area contributed by atoms with E-state index in [0.29, 0.717) is 39.8 Å². The Bertz CT molecular complexity index is 1260. The quantitative estimate of drug-likeness (QED) is 0.531. The van der Waals surface area contributed by atoms with Gasteiger partial charge in [0.1, 0.15) is 17.8 Å². The van der Waals surface area contributed by atoms with Crippen molar-refractivity contribution in [2.75, 3.05) is 27.1 Å². The van der Waals surface area contributed by atoms with Gasteiger partial charge in [-0.05, 0) is 36.1 Å². The highest BCUT2D eigenvalue weighted by Crippen LogP contribution is 2.46. The molecule has 4 aromatic rings. The minimum absolute atomic E-state index is 0.147. The number of nitrogen functional groups attached to an aromatic ring is 1. The molecule has 0 bridgehead atoms. The normalized spacial score (nSPS) is 13.4. The standard InChI is InChI=1S/C23H23N5O3/c1-29-17-9-8-16(20(30-2)21(17)31-3)19-18-22(24)25-12-26-23(18)28(27-19)15-10-13-6-4-5-7-14(13)11-15/h4-9,12,15H,10-11H2,1-3H3,(H2,24,25,26). The van der Waals surface area contributed by atoms with Gasteiger partial charge in [0.2, 0.25) is 5.75 Å². The number of aromatic nitrogens is 4. The van der Waals surface area contributed by atoms with Crippen molar-refractivity contribution in [3.05, 3.63) is 53.9 Å². The van der Waals surface area contributed by atoms with E-state index in [0.717, 1.165) is 18.4 Å². The Kier molecular flexibility index (Phi) is 4.62. The third kappa shape index (κ3) is 2.94. The van der Waals surface area contributed by atoms with E-state index in [1.54, 1.807) is 21.3 Å². The van der Waals surface area contributed by atoms with E-state index >= 15 is 0 Å². The Hall–Kier alpha value is -3.81. The van der Waals surface area contributed by atoms with Gasteiger partial charge in [-0.15, -0.1) is 0 Å². The minimum Gasteiger partial charge on any atom is -0.493 e. The monoisotopic (exact) mass is 417 g/mol. The van der Waals surface area contributed by atoms with Crippen LogP contribution in [-0.4, -0.2) is 41.1 Å². The van der Waals surface area contributed by atoms with Crippen LogP contribution in [0.5, 0.6) is 17.2 Å². The largest absolute Gasteiger partial charge is 0.493 e. The molecule has 0 spiro atoms. The lowest BCUT2D eigenvalue weighted by molar-refractivity contribution is 0.325. The first-order valence-electron chi connectivity index (χ1n) is 10.0. The molecule has 31 heavy (non-hydrogen) atoms. The van der Waals surface area contributed by atoms with Crippen LogP contribution in [0.2, 0.25) is 0 Å². The molecule has 0 aliphatic heterocycles. The number of anilines is 1. The lowest BCUT2D eigenvalue weighted by Gasteiger charge is -2.15. The van der Waals surface area contributed by atoms with Gasteiger partial charge in [-0.2, -0.15) is 5.10 Å². The van der Waals surface area contributed by atoms with Crippen LogP contribution in [0, 0.1) is 0 Å². The molecule has 0 unspecified atom stereocenters. The van der Waals surface area contributed by atoms with Crippen molar-refractivity contribution in [1.82, 2.24) is 19.7 Å². The average Bonchev–Trinajstić information content (AvgIpc) is 3.40. The van der Waals surface area contributed by atoms with E-state index in [1.165, 1.54) is 17.5 Å². The van der Waals surface area contributed by atoms with Crippen LogP contribution in [0.4, 0.5) is 5.82 Å². The Morgan fingerprint density at radius 1 is 0.903 bits per heavy atom. The molecule has 0 radical (unpaired) electrons. The number of ether oxygens (including phenoxy) is 3. The summed E-state index contributed by atoms with van der Waals surface area (Å²) in [6.45, 7) is 0. The van der Waals surface area contributed by atoms with Crippen molar-refractivity contribution in [2.24, 2.45) is 0 Å². The third-order valence-electron chi connectivity index (χ3n) is 5.85. The maximum Gasteiger partial charge on any atom is 0.203 e. The Morgan fingerprint density at radius 2 is 1.61 bits per heavy atom. The summed E-state index contributed by atoms with van der Waals surface area (Å²) >= 11 is 0. The molecular formula is C23H23N5O3. The Morgan fingerprint density at radius 3 is 2.26 bits per heavy atom. The molecule has 1 aliphatic carbocycles. The highest BCUT2D eigenvalue weighted by Gasteiger charge is 2.29. The molecule has 2 aromatic carbocycles. The van der Waals surface area contributed by atoms with Crippen LogP contribution in [0.3, 0.4) is 0 Å². The van der Waals surface area contributed by atoms with E-state index in [-0.39, 0.29) is 6.04 Å². The average molecular weight is 417 g/mol. The van der Waals surface area contributed by atoms with Crippen LogP contribution in [0.1, 0.15) is 17.2 Å². The summed E-state index contributed by atoms with van der Waals surface area (Å²) in [5.74, 6) is 1.96. The summed E-state index contributed by atoms with van der Waals surface area (Å²) in [5.41, 5.74) is 11.1. The van der Waals surface area contributed by atoms with Gasteiger partial charge in [0, 0.05) is 5.56 Å². The number of nitrogens with zero attached hydrogens (tertiary/aromatic N) is 4. The summed E-state index contributed by atoms with van der Waals surface area (Å²) < 4.78 is 18.7. The van der Waals surface area contributed by atoms with Crippen molar-refractivity contribution in [3.63, 3.8) is 0 Å². The maximum absolute atomic E-state index is 6.31. The van der Waals surface area contributed by atoms with E-state index in [2.05, 4.69) is 34.2 Å². The first-order chi connectivity index (χ1) is 15.2. The van der Waals surface area contributed by atoms with Gasteiger partial charge in [0.05, 0.1) is 32.8 Å². The van der Waals surface area contributed by atoms with Crippen molar-refractivity contribution < 1.29 is 14.2 Å². The van der Waals surface area contributed by atoms with E-state index in [1.807, 2.05) is 16.8 Å². The molecule has 8 heteroatoms. The molecule has 2 aromatic heterocycles. The summed E-state index contributed by atoms with van der Waals surface area (Å²) in [6, 6.07) is 12.3. The number of benzene rings is 2. The zero-order valence-corrected chi connectivity index (χ0v) is 17.6. The van der Waals surface area contributed by atoms with Gasteiger partial charge in [-0.25, -0.2) is 14.6 Å². The van der Waals surface area contributed by atoms with Gasteiger partial charge in [0.25, 0.3) is 0 Å². The fraction of sp³-hybridized carbons (Fsp3) is 0.261. The zero-order chi connectivity index (χ0) is 21.5. The van der Waals surface area contributed by atoms with Crippen LogP contribution in [0.25, 0.3) is 22.3 Å². The second-order valence-corrected chi connectivity index (χ2v) is 7.46. The number of methoxy groups -OCH3 is 3. The summed E-state index contributed by atoms with van der Waals surface area (Å²) in [6.07, 6.45) is 3.26. The van der Waals surface area contributed by atoms with Gasteiger partial charge in [0.15, 0.2) is 17.1 Å². The molecule has 2 N–H and O–H groups in total. The van der Waals surface area contributed by atoms with Gasteiger partial charge < -0.3 is 19.9 Å². The summed E-state index contributed by atoms with van der Waals surface area (Å²) in [4.78, 5) is 8.76. The van der Waals surface area contributed by atoms with Crippen molar-refractivity contribution in [3.8, 4) is 28.5 Å². The molecule has 0 saturated carbocycles. The summed E-state index contributed by atoms with van der Waals surface area (Å²) in [7, 11) is 4.76. The summed E-state index contributed by atoms with van der Waals surface area (Å²) in [5, 5.41) is 5.68. The second kappa shape index (κ2) is 7.46. The smallest absolute Gasteiger partial charge is 0.203 e. The highest BCUT2D eigenvalue weighted by molar-refractivity contribution is 6.00. The number of fused-ring (bicyclic) bond motifs is 2. The van der Waals surface area contributed by atoms with Gasteiger partial charge in [-0.3, -0.25) is 0 Å². The number of nitrogens with two attached hydrogens (primary N) is 1. The maximum atomic E-state index is 6.31. The topological polar surface area (TPSA) is 97.3 Å². The molecule has 8 nitrogen and oxygen atoms in total. The van der Waals surface area contributed by atoms with Crippen LogP contribution in [-0.2, 0) is 12.8 Å². The van der Waals surface area contributed by atoms with Crippen LogP contribution in [0.15, 0.2) is 42.7 Å². The molecule has 158 valence electrons. The number of hydrogen-bond acceptors (Lipinski definition) is 7. The predicted molar refractivity (Wildman–Crippen MR) is 118 cm³/mol. The first-order valence-corrected chi connectivity index (χ1v) is 10.0. The fourth-order valence-electron chi connectivity index (χ4n) is 4.43. The number of hydrogen-bond donors (Lipinski definition) is 1. The molecule has 0 fully saturated rings. The number of rotatable bonds is 5. The molecule has 0 atom stereocenters. The van der Waals surface area contributed by atoms with Crippen LogP contribution >= 0.6 is 0 Å². The lowest BCUT2D eigenvalue weighted by Crippen LogP contribution is -2.11. The molecule has 1 aliphatic rings. The molecule has 0 amide bonds. The van der Waals surface area contributed by atoms with Crippen molar-refractivity contribution >= 4 is 16.9 Å². The fourth-order valence-corrected chi connectivity index (χ4v) is 4.43. The van der Waals surface area contributed by atoms with Crippen molar-refractivity contribution in [2.45, 2.75) is 18.9 Å². The third-order valence-corrected chi connectivity index (χ3v) is 5.85. The van der Waals surface area contributed by atoms with Gasteiger partial charge in [-0.1, -0.05) is 24.3 Å². The predicted octanol–water partition coefficient (Wildman–Crippen LogP) is 3.44. The second-order valence-electron chi connectivity index (χ2n) is 7.46. The lowest BCUT2D eigenvalue weighted by atomic mass is 10.1. The Balaban J connectivity index is 1.72. The molecule has 5 rings (SSSR count). The SMILES string of the molecule is COc1ccc(-c2nn(C3Cc4ccccc4C3)c3ncnc(N)c23)c(OC)c1OC. The van der Waals surface area contributed by atoms with E-state index in [9.17, 15) is 0 Å². The van der Waals surface area contributed by atoms with Crippen molar-refractivity contribution in [1.29, 1.82) is 0 Å². The molecular weight excluding hydrogens is 394 g/mol. The zero-order valence-electron chi connectivity index (χ0n) is 17.6. The van der Waals surface area contributed by atoms with Crippen LogP contribution < -0.4 is 19.9 Å². The molecule has 2 heterocycles. The highest BCUT2D eigenvalue weighted by atomic mass is 16.5. The molecule has 0 saturated heterocycles. The minimum atomic E-state index is 0.147. The van der Waals surface area contributed by atoms with E-state index in [4.69, 9.17) is 25.0 Å².